The van der Waals surface area contributed by atoms with Crippen LogP contribution < -0.4 is 16.8 Å². The smallest absolute Gasteiger partial charge is 0.280 e. The molecule has 4 N–H and O–H groups in total. The number of halogens is 2. The van der Waals surface area contributed by atoms with Crippen LogP contribution in [-0.4, -0.2) is 25.3 Å². The molecule has 86 valence electrons. The summed E-state index contributed by atoms with van der Waals surface area (Å²) in [5.41, 5.74) is 2.32. The number of aromatic nitrogens is 4. The summed E-state index contributed by atoms with van der Waals surface area (Å²) >= 11 is 9.53. The van der Waals surface area contributed by atoms with Crippen molar-refractivity contribution in [1.82, 2.24) is 19.9 Å². The third kappa shape index (κ3) is 3.02. The second kappa shape index (κ2) is 6.21. The summed E-state index contributed by atoms with van der Waals surface area (Å²) in [6.07, 6.45) is 2.88. The van der Waals surface area contributed by atoms with Crippen molar-refractivity contribution in [2.24, 2.45) is 5.84 Å². The fraction of sp³-hybridized carbons (Fsp3) is 0.143. The molecule has 16 heavy (non-hydrogen) atoms. The van der Waals surface area contributed by atoms with Crippen LogP contribution >= 0.6 is 23.2 Å². The quantitative estimate of drug-likeness (QED) is 0.390. The molecule has 2 heterocycles. The third-order valence-corrected chi connectivity index (χ3v) is 1.48. The molecule has 0 bridgehead atoms. The molecule has 0 aliphatic heterocycles. The van der Waals surface area contributed by atoms with Crippen molar-refractivity contribution >= 4 is 40.3 Å². The molecule has 2 aromatic heterocycles. The first-order valence-electron chi connectivity index (χ1n) is 4.02. The third-order valence-electron chi connectivity index (χ3n) is 1.48. The Morgan fingerprint density at radius 2 is 2.00 bits per heavy atom. The van der Waals surface area contributed by atoms with Gasteiger partial charge in [-0.15, -0.1) is 23.2 Å². The first-order chi connectivity index (χ1) is 7.72. The number of hydrazine groups is 1. The molecule has 0 aliphatic carbocycles. The van der Waals surface area contributed by atoms with E-state index in [1.54, 1.807) is 0 Å². The Morgan fingerprint density at radius 1 is 1.38 bits per heavy atom. The van der Waals surface area contributed by atoms with Gasteiger partial charge < -0.3 is 0 Å². The van der Waals surface area contributed by atoms with E-state index in [1.807, 2.05) is 0 Å². The maximum Gasteiger partial charge on any atom is 0.280 e. The Balaban J connectivity index is 0.000000386. The molecule has 0 saturated carbocycles. The van der Waals surface area contributed by atoms with E-state index in [2.05, 4.69) is 25.4 Å². The van der Waals surface area contributed by atoms with Crippen molar-refractivity contribution in [3.8, 4) is 0 Å². The van der Waals surface area contributed by atoms with E-state index >= 15 is 0 Å². The van der Waals surface area contributed by atoms with E-state index in [9.17, 15) is 4.79 Å². The van der Waals surface area contributed by atoms with E-state index in [-0.39, 0.29) is 28.0 Å². The van der Waals surface area contributed by atoms with Crippen LogP contribution in [0.15, 0.2) is 17.2 Å². The fourth-order valence-corrected chi connectivity index (χ4v) is 0.942. The molecule has 2 rings (SSSR count). The number of nitrogens with zero attached hydrogens (tertiary/aromatic N) is 3. The van der Waals surface area contributed by atoms with Gasteiger partial charge in [0.25, 0.3) is 5.56 Å². The van der Waals surface area contributed by atoms with Crippen molar-refractivity contribution in [3.05, 3.63) is 22.7 Å². The second-order valence-corrected chi connectivity index (χ2v) is 3.20. The van der Waals surface area contributed by atoms with Gasteiger partial charge in [-0.3, -0.25) is 15.2 Å². The number of aromatic amines is 1. The number of rotatable bonds is 1. The molecule has 7 nitrogen and oxygen atoms in total. The SMILES string of the molecule is ClCCl.NNc1nc2nccnc2c(=O)[nH]1. The lowest BCUT2D eigenvalue weighted by Crippen LogP contribution is -2.17. The number of fused-ring (bicyclic) bond motifs is 1. The Hall–Kier alpha value is -1.44. The summed E-state index contributed by atoms with van der Waals surface area (Å²) in [6.45, 7) is 0. The zero-order chi connectivity index (χ0) is 12.0. The minimum absolute atomic E-state index is 0.165. The minimum atomic E-state index is -0.369. The highest BCUT2D eigenvalue weighted by molar-refractivity contribution is 6.40. The highest BCUT2D eigenvalue weighted by atomic mass is 35.5. The summed E-state index contributed by atoms with van der Waals surface area (Å²) in [6, 6.07) is 0. The van der Waals surface area contributed by atoms with Crippen LogP contribution in [0.3, 0.4) is 0 Å². The second-order valence-electron chi connectivity index (χ2n) is 2.39. The lowest BCUT2D eigenvalue weighted by atomic mass is 10.5. The molecule has 0 amide bonds. The molecule has 2 aromatic rings. The van der Waals surface area contributed by atoms with Crippen LogP contribution in [0.4, 0.5) is 5.95 Å². The Kier molecular flexibility index (Phi) is 4.90. The summed E-state index contributed by atoms with van der Waals surface area (Å²) < 4.78 is 0. The number of nitrogens with two attached hydrogens (primary N) is 1. The fourth-order valence-electron chi connectivity index (χ4n) is 0.942. The van der Waals surface area contributed by atoms with Gasteiger partial charge in [0, 0.05) is 12.4 Å². The van der Waals surface area contributed by atoms with E-state index < -0.39 is 0 Å². The lowest BCUT2D eigenvalue weighted by Gasteiger charge is -1.98. The minimum Gasteiger partial charge on any atom is -0.294 e. The van der Waals surface area contributed by atoms with Gasteiger partial charge in [0.1, 0.15) is 0 Å². The van der Waals surface area contributed by atoms with E-state index in [0.717, 1.165) is 0 Å². The zero-order valence-electron chi connectivity index (χ0n) is 7.94. The van der Waals surface area contributed by atoms with Crippen LogP contribution in [-0.2, 0) is 0 Å². The standard InChI is InChI=1S/C6H6N6O.CH2Cl2/c7-12-6-10-4-3(5(13)11-6)8-1-2-9-4;2-1-3/h1-2H,7H2,(H2,9,10,11,12,13);1H2. The van der Waals surface area contributed by atoms with Crippen LogP contribution in [0.5, 0.6) is 0 Å². The summed E-state index contributed by atoms with van der Waals surface area (Å²) in [7, 11) is 0. The Labute approximate surface area is 100.0 Å². The zero-order valence-corrected chi connectivity index (χ0v) is 9.46. The molecule has 0 unspecified atom stereocenters. The number of nitrogen functional groups attached to an aromatic ring is 1. The number of H-pyrrole nitrogens is 1. The van der Waals surface area contributed by atoms with E-state index in [1.165, 1.54) is 12.4 Å². The van der Waals surface area contributed by atoms with Crippen LogP contribution in [0, 0.1) is 0 Å². The topological polar surface area (TPSA) is 110 Å². The number of anilines is 1. The molecule has 0 saturated heterocycles. The highest BCUT2D eigenvalue weighted by Gasteiger charge is 2.03. The van der Waals surface area contributed by atoms with Crippen molar-refractivity contribution in [2.75, 3.05) is 10.8 Å². The molecule has 9 heteroatoms. The normalized spacial score (nSPS) is 9.44. The van der Waals surface area contributed by atoms with E-state index in [4.69, 9.17) is 29.0 Å². The van der Waals surface area contributed by atoms with Crippen LogP contribution in [0.25, 0.3) is 11.2 Å². The number of hydrogen-bond donors (Lipinski definition) is 3. The van der Waals surface area contributed by atoms with Gasteiger partial charge >= 0.3 is 0 Å². The van der Waals surface area contributed by atoms with Gasteiger partial charge in [-0.25, -0.2) is 15.8 Å². The van der Waals surface area contributed by atoms with Gasteiger partial charge in [0.15, 0.2) is 11.2 Å². The lowest BCUT2D eigenvalue weighted by molar-refractivity contribution is 1.08. The van der Waals surface area contributed by atoms with Gasteiger partial charge in [0.05, 0.1) is 5.34 Å². The average Bonchev–Trinajstić information content (AvgIpc) is 2.30. The van der Waals surface area contributed by atoms with Crippen LogP contribution in [0.2, 0.25) is 0 Å². The average molecular weight is 263 g/mol. The monoisotopic (exact) mass is 262 g/mol. The number of hydrogen-bond acceptors (Lipinski definition) is 6. The molecular formula is C7H8Cl2N6O. The summed E-state index contributed by atoms with van der Waals surface area (Å²) in [4.78, 5) is 25.2. The largest absolute Gasteiger partial charge is 0.294 e. The summed E-state index contributed by atoms with van der Waals surface area (Å²) in [5, 5.41) is 0.194. The molecule has 0 fully saturated rings. The first kappa shape index (κ1) is 12.6. The summed E-state index contributed by atoms with van der Waals surface area (Å²) in [5.74, 6) is 5.24. The van der Waals surface area contributed by atoms with Crippen molar-refractivity contribution in [3.63, 3.8) is 0 Å². The maximum absolute atomic E-state index is 11.3. The van der Waals surface area contributed by atoms with Crippen molar-refractivity contribution in [2.45, 2.75) is 0 Å². The molecule has 0 radical (unpaired) electrons. The predicted molar refractivity (Wildman–Crippen MR) is 62.3 cm³/mol. The number of alkyl halides is 2. The predicted octanol–water partition coefficient (Wildman–Crippen LogP) is 0.420. The molecule has 0 aromatic carbocycles. The highest BCUT2D eigenvalue weighted by Crippen LogP contribution is 1.99. The Bertz CT molecular complexity index is 515. The van der Waals surface area contributed by atoms with Gasteiger partial charge in [-0.1, -0.05) is 0 Å². The van der Waals surface area contributed by atoms with Crippen molar-refractivity contribution < 1.29 is 0 Å². The van der Waals surface area contributed by atoms with Gasteiger partial charge in [-0.05, 0) is 0 Å². The molecule has 0 aliphatic rings. The molecular weight excluding hydrogens is 255 g/mol. The number of nitrogens with one attached hydrogen (secondary N) is 2. The van der Waals surface area contributed by atoms with Gasteiger partial charge in [0.2, 0.25) is 5.95 Å². The first-order valence-corrected chi connectivity index (χ1v) is 5.09. The van der Waals surface area contributed by atoms with E-state index in [0.29, 0.717) is 0 Å². The van der Waals surface area contributed by atoms with Gasteiger partial charge in [-0.2, -0.15) is 4.98 Å². The van der Waals surface area contributed by atoms with Crippen molar-refractivity contribution in [1.29, 1.82) is 0 Å². The molecule has 0 atom stereocenters. The molecule has 0 spiro atoms. The Morgan fingerprint density at radius 3 is 2.62 bits per heavy atom. The maximum atomic E-state index is 11.3. The van der Waals surface area contributed by atoms with Crippen LogP contribution in [0.1, 0.15) is 0 Å².